The molecule has 0 saturated heterocycles. The Balaban J connectivity index is 2.05. The Morgan fingerprint density at radius 3 is 2.41 bits per heavy atom. The van der Waals surface area contributed by atoms with Crippen LogP contribution in [0.15, 0.2) is 18.2 Å². The number of nitrogens with one attached hydrogen (secondary N) is 2. The number of anilines is 2. The number of nitro groups is 1. The molecule has 0 bridgehead atoms. The maximum atomic E-state index is 11.8. The lowest BCUT2D eigenvalue weighted by Gasteiger charge is -2.07. The normalized spacial score (nSPS) is 10.1. The van der Waals surface area contributed by atoms with E-state index in [0.717, 1.165) is 11.3 Å². The number of non-ortho nitro benzene ring substituents is 1. The maximum Gasteiger partial charge on any atom is 0.315 e. The van der Waals surface area contributed by atoms with E-state index in [0.29, 0.717) is 16.3 Å². The average Bonchev–Trinajstić information content (AvgIpc) is 2.85. The van der Waals surface area contributed by atoms with Crippen molar-refractivity contribution in [3.05, 3.63) is 38.9 Å². The Kier molecular flexibility index (Phi) is 4.41. The molecule has 1 aromatic heterocycles. The minimum Gasteiger partial charge on any atom is -0.318 e. The van der Waals surface area contributed by atoms with Gasteiger partial charge in [0.2, 0.25) is 5.13 Å². The molecule has 0 atom stereocenters. The zero-order valence-electron chi connectivity index (χ0n) is 11.6. The number of carbonyl (C=O) groups excluding carboxylic acids is 2. The van der Waals surface area contributed by atoms with Crippen molar-refractivity contribution in [2.24, 2.45) is 0 Å². The molecule has 0 radical (unpaired) electrons. The van der Waals surface area contributed by atoms with Gasteiger partial charge in [0.05, 0.1) is 4.92 Å². The van der Waals surface area contributed by atoms with E-state index in [-0.39, 0.29) is 10.8 Å². The van der Waals surface area contributed by atoms with E-state index in [2.05, 4.69) is 20.8 Å². The molecule has 10 heteroatoms. The molecule has 1 aromatic carbocycles. The van der Waals surface area contributed by atoms with Crippen molar-refractivity contribution in [2.75, 3.05) is 10.6 Å². The summed E-state index contributed by atoms with van der Waals surface area (Å²) in [6, 6.07) is 3.92. The van der Waals surface area contributed by atoms with Crippen molar-refractivity contribution in [1.82, 2.24) is 10.2 Å². The number of amides is 2. The molecule has 0 fully saturated rings. The Morgan fingerprint density at radius 1 is 1.18 bits per heavy atom. The molecule has 2 rings (SSSR count). The number of benzene rings is 1. The summed E-state index contributed by atoms with van der Waals surface area (Å²) in [7, 11) is 0. The van der Waals surface area contributed by atoms with Gasteiger partial charge in [0, 0.05) is 17.8 Å². The zero-order chi connectivity index (χ0) is 16.3. The Labute approximate surface area is 128 Å². The van der Waals surface area contributed by atoms with Gasteiger partial charge in [-0.3, -0.25) is 25.0 Å². The fraction of sp³-hybridized carbons (Fsp3) is 0.167. The summed E-state index contributed by atoms with van der Waals surface area (Å²) >= 11 is 1.14. The highest BCUT2D eigenvalue weighted by atomic mass is 32.1. The Morgan fingerprint density at radius 2 is 1.86 bits per heavy atom. The van der Waals surface area contributed by atoms with E-state index in [1.165, 1.54) is 18.2 Å². The first-order valence-corrected chi connectivity index (χ1v) is 6.86. The van der Waals surface area contributed by atoms with Gasteiger partial charge in [-0.05, 0) is 25.5 Å². The van der Waals surface area contributed by atoms with Gasteiger partial charge in [0.25, 0.3) is 5.69 Å². The lowest BCUT2D eigenvalue weighted by atomic mass is 10.2. The monoisotopic (exact) mass is 321 g/mol. The SMILES string of the molecule is Cc1nnc(NC(=O)C(=O)Nc2ccc([N+](=O)[O-])cc2C)s1. The highest BCUT2D eigenvalue weighted by Crippen LogP contribution is 2.21. The number of carbonyl (C=O) groups is 2. The van der Waals surface area contributed by atoms with Crippen LogP contribution in [0.5, 0.6) is 0 Å². The van der Waals surface area contributed by atoms with Gasteiger partial charge in [-0.1, -0.05) is 11.3 Å². The molecule has 22 heavy (non-hydrogen) atoms. The van der Waals surface area contributed by atoms with Crippen molar-refractivity contribution >= 4 is 39.7 Å². The van der Waals surface area contributed by atoms with Gasteiger partial charge in [-0.25, -0.2) is 0 Å². The number of nitro benzene ring substituents is 1. The van der Waals surface area contributed by atoms with Crippen LogP contribution in [0.4, 0.5) is 16.5 Å². The number of hydrogen-bond acceptors (Lipinski definition) is 7. The van der Waals surface area contributed by atoms with Crippen LogP contribution in [0.3, 0.4) is 0 Å². The van der Waals surface area contributed by atoms with Crippen LogP contribution in [0.2, 0.25) is 0 Å². The van der Waals surface area contributed by atoms with Crippen molar-refractivity contribution in [1.29, 1.82) is 0 Å². The van der Waals surface area contributed by atoms with E-state index in [9.17, 15) is 19.7 Å². The summed E-state index contributed by atoms with van der Waals surface area (Å²) in [5.74, 6) is -1.79. The smallest absolute Gasteiger partial charge is 0.315 e. The summed E-state index contributed by atoms with van der Waals surface area (Å²) in [6.07, 6.45) is 0. The molecule has 0 saturated carbocycles. The molecule has 2 amide bonds. The molecular formula is C12H11N5O4S. The summed E-state index contributed by atoms with van der Waals surface area (Å²) in [6.45, 7) is 3.31. The van der Waals surface area contributed by atoms with Crippen molar-refractivity contribution in [3.63, 3.8) is 0 Å². The van der Waals surface area contributed by atoms with Crippen LogP contribution >= 0.6 is 11.3 Å². The minimum atomic E-state index is -0.898. The van der Waals surface area contributed by atoms with Crippen LogP contribution in [0.1, 0.15) is 10.6 Å². The van der Waals surface area contributed by atoms with Crippen LogP contribution in [0, 0.1) is 24.0 Å². The predicted molar refractivity (Wildman–Crippen MR) is 79.7 cm³/mol. The van der Waals surface area contributed by atoms with E-state index in [4.69, 9.17) is 0 Å². The van der Waals surface area contributed by atoms with Crippen molar-refractivity contribution in [3.8, 4) is 0 Å². The first-order valence-electron chi connectivity index (χ1n) is 6.04. The maximum absolute atomic E-state index is 11.8. The van der Waals surface area contributed by atoms with Crippen LogP contribution in [0.25, 0.3) is 0 Å². The van der Waals surface area contributed by atoms with Gasteiger partial charge in [0.1, 0.15) is 5.01 Å². The van der Waals surface area contributed by atoms with Crippen molar-refractivity contribution < 1.29 is 14.5 Å². The first kappa shape index (κ1) is 15.5. The third kappa shape index (κ3) is 3.61. The van der Waals surface area contributed by atoms with E-state index in [1.807, 2.05) is 0 Å². The molecule has 2 N–H and O–H groups in total. The van der Waals surface area contributed by atoms with Crippen molar-refractivity contribution in [2.45, 2.75) is 13.8 Å². The largest absolute Gasteiger partial charge is 0.318 e. The summed E-state index contributed by atoms with van der Waals surface area (Å²) in [5.41, 5.74) is 0.700. The Bertz CT molecular complexity index is 758. The average molecular weight is 321 g/mol. The topological polar surface area (TPSA) is 127 Å². The summed E-state index contributed by atoms with van der Waals surface area (Å²) in [4.78, 5) is 33.6. The molecule has 0 aliphatic heterocycles. The van der Waals surface area contributed by atoms with Crippen LogP contribution < -0.4 is 10.6 Å². The second-order valence-electron chi connectivity index (χ2n) is 4.29. The van der Waals surface area contributed by atoms with Gasteiger partial charge < -0.3 is 5.32 Å². The standard InChI is InChI=1S/C12H11N5O4S/c1-6-5-8(17(20)21)3-4-9(6)13-10(18)11(19)14-12-16-15-7(2)22-12/h3-5H,1-2H3,(H,13,18)(H,14,16,19). The molecule has 0 aliphatic rings. The van der Waals surface area contributed by atoms with E-state index < -0.39 is 16.7 Å². The molecule has 0 spiro atoms. The van der Waals surface area contributed by atoms with Gasteiger partial charge in [0.15, 0.2) is 0 Å². The molecule has 0 aliphatic carbocycles. The minimum absolute atomic E-state index is 0.0933. The van der Waals surface area contributed by atoms with Gasteiger partial charge in [-0.2, -0.15) is 0 Å². The quantitative estimate of drug-likeness (QED) is 0.502. The first-order chi connectivity index (χ1) is 10.4. The molecule has 114 valence electrons. The van der Waals surface area contributed by atoms with Gasteiger partial charge >= 0.3 is 11.8 Å². The summed E-state index contributed by atoms with van der Waals surface area (Å²) in [5, 5.41) is 23.6. The summed E-state index contributed by atoms with van der Waals surface area (Å²) < 4.78 is 0. The third-order valence-corrected chi connectivity index (χ3v) is 3.38. The second kappa shape index (κ2) is 6.26. The Hall–Kier alpha value is -2.88. The lowest BCUT2D eigenvalue weighted by molar-refractivity contribution is -0.384. The second-order valence-corrected chi connectivity index (χ2v) is 5.47. The number of aryl methyl sites for hydroxylation is 2. The third-order valence-electron chi connectivity index (χ3n) is 2.62. The molecule has 2 aromatic rings. The number of hydrogen-bond donors (Lipinski definition) is 2. The zero-order valence-corrected chi connectivity index (χ0v) is 12.4. The van der Waals surface area contributed by atoms with E-state index in [1.54, 1.807) is 13.8 Å². The number of nitrogens with zero attached hydrogens (tertiary/aromatic N) is 3. The van der Waals surface area contributed by atoms with Gasteiger partial charge in [-0.15, -0.1) is 10.2 Å². The fourth-order valence-electron chi connectivity index (χ4n) is 1.58. The van der Waals surface area contributed by atoms with Crippen LogP contribution in [-0.2, 0) is 9.59 Å². The highest BCUT2D eigenvalue weighted by molar-refractivity contribution is 7.15. The lowest BCUT2D eigenvalue weighted by Crippen LogP contribution is -2.29. The number of aromatic nitrogens is 2. The van der Waals surface area contributed by atoms with Crippen LogP contribution in [-0.4, -0.2) is 26.9 Å². The molecule has 1 heterocycles. The van der Waals surface area contributed by atoms with E-state index >= 15 is 0 Å². The molecule has 9 nitrogen and oxygen atoms in total. The highest BCUT2D eigenvalue weighted by Gasteiger charge is 2.17. The predicted octanol–water partition coefficient (Wildman–Crippen LogP) is 1.64. The number of rotatable bonds is 3. The fourth-order valence-corrected chi connectivity index (χ4v) is 2.17. The molecule has 0 unspecified atom stereocenters. The molecular weight excluding hydrogens is 310 g/mol.